The molecule has 0 aliphatic carbocycles. The van der Waals surface area contributed by atoms with E-state index in [9.17, 15) is 4.79 Å². The van der Waals surface area contributed by atoms with Gasteiger partial charge < -0.3 is 4.90 Å². The van der Waals surface area contributed by atoms with Crippen LogP contribution in [0.3, 0.4) is 0 Å². The van der Waals surface area contributed by atoms with E-state index in [1.165, 1.54) is 0 Å². The highest BCUT2D eigenvalue weighted by Gasteiger charge is 2.22. The molecule has 0 bridgehead atoms. The summed E-state index contributed by atoms with van der Waals surface area (Å²) in [7, 11) is 1.77. The number of likely N-dealkylation sites (N-methyl/N-ethyl adjacent to an activating group) is 1. The summed E-state index contributed by atoms with van der Waals surface area (Å²) in [6.07, 6.45) is 0. The van der Waals surface area contributed by atoms with E-state index in [0.29, 0.717) is 5.02 Å². The second-order valence-electron chi connectivity index (χ2n) is 4.79. The molecule has 1 aliphatic heterocycles. The van der Waals surface area contributed by atoms with Gasteiger partial charge in [0.2, 0.25) is 5.91 Å². The third kappa shape index (κ3) is 2.82. The van der Waals surface area contributed by atoms with E-state index in [0.717, 1.165) is 26.1 Å². The fraction of sp³-hybridized carbons (Fsp3) is 0.125. The lowest BCUT2D eigenvalue weighted by Crippen LogP contribution is -2.27. The number of amides is 1. The molecule has 106 valence electrons. The maximum atomic E-state index is 12.1. The van der Waals surface area contributed by atoms with Gasteiger partial charge in [-0.3, -0.25) is 9.79 Å². The highest BCUT2D eigenvalue weighted by molar-refractivity contribution is 14.1. The van der Waals surface area contributed by atoms with Crippen molar-refractivity contribution in [2.45, 2.75) is 0 Å². The molecule has 3 nitrogen and oxygen atoms in total. The van der Waals surface area contributed by atoms with Crippen molar-refractivity contribution in [3.63, 3.8) is 0 Å². The molecule has 1 aliphatic rings. The fourth-order valence-electron chi connectivity index (χ4n) is 2.32. The Bertz CT molecular complexity index is 740. The molecular weight excluding hydrogens is 399 g/mol. The van der Waals surface area contributed by atoms with Gasteiger partial charge >= 0.3 is 0 Å². The van der Waals surface area contributed by atoms with Crippen molar-refractivity contribution in [1.82, 2.24) is 0 Å². The van der Waals surface area contributed by atoms with Crippen molar-refractivity contribution in [1.29, 1.82) is 0 Å². The number of hydrogen-bond acceptors (Lipinski definition) is 2. The van der Waals surface area contributed by atoms with Crippen molar-refractivity contribution in [2.75, 3.05) is 18.5 Å². The predicted octanol–water partition coefficient (Wildman–Crippen LogP) is 3.76. The zero-order chi connectivity index (χ0) is 15.0. The van der Waals surface area contributed by atoms with Crippen molar-refractivity contribution >= 4 is 51.5 Å². The number of aliphatic imine (C=N–C) groups is 1. The van der Waals surface area contributed by atoms with Gasteiger partial charge in [-0.2, -0.15) is 0 Å². The standard InChI is InChI=1S/C16H12ClIN2O/c1-20-14-7-4-11(17)8-13(14)16(19-9-15(20)21)10-2-5-12(18)6-3-10/h2-8H,9H2,1H3. The van der Waals surface area contributed by atoms with Gasteiger partial charge in [-0.25, -0.2) is 0 Å². The quantitative estimate of drug-likeness (QED) is 0.659. The minimum atomic E-state index is -0.0286. The van der Waals surface area contributed by atoms with E-state index in [1.807, 2.05) is 36.4 Å². The summed E-state index contributed by atoms with van der Waals surface area (Å²) in [6, 6.07) is 13.6. The van der Waals surface area contributed by atoms with Gasteiger partial charge in [0, 0.05) is 26.8 Å². The molecule has 0 fully saturated rings. The molecule has 3 rings (SSSR count). The van der Waals surface area contributed by atoms with Crippen LogP contribution in [-0.2, 0) is 4.79 Å². The van der Waals surface area contributed by atoms with Crippen LogP contribution in [0.5, 0.6) is 0 Å². The molecule has 2 aromatic rings. The van der Waals surface area contributed by atoms with Crippen molar-refractivity contribution in [3.8, 4) is 0 Å². The number of benzene rings is 2. The molecule has 21 heavy (non-hydrogen) atoms. The van der Waals surface area contributed by atoms with E-state index in [2.05, 4.69) is 27.6 Å². The molecule has 5 heteroatoms. The van der Waals surface area contributed by atoms with E-state index in [-0.39, 0.29) is 12.5 Å². The zero-order valence-corrected chi connectivity index (χ0v) is 14.2. The normalized spacial score (nSPS) is 14.5. The number of nitrogens with zero attached hydrogens (tertiary/aromatic N) is 2. The van der Waals surface area contributed by atoms with E-state index in [4.69, 9.17) is 11.6 Å². The van der Waals surface area contributed by atoms with Crippen LogP contribution in [0.25, 0.3) is 0 Å². The number of hydrogen-bond donors (Lipinski definition) is 0. The molecule has 0 aromatic heterocycles. The lowest BCUT2D eigenvalue weighted by Gasteiger charge is -2.18. The Balaban J connectivity index is 2.20. The third-order valence-electron chi connectivity index (χ3n) is 3.44. The van der Waals surface area contributed by atoms with Gasteiger partial charge in [0.05, 0.1) is 11.4 Å². The molecule has 2 aromatic carbocycles. The zero-order valence-electron chi connectivity index (χ0n) is 11.3. The Kier molecular flexibility index (Phi) is 3.99. The van der Waals surface area contributed by atoms with E-state index < -0.39 is 0 Å². The molecule has 0 spiro atoms. The Morgan fingerprint density at radius 2 is 1.90 bits per heavy atom. The van der Waals surface area contributed by atoms with Crippen LogP contribution >= 0.6 is 34.2 Å². The Morgan fingerprint density at radius 3 is 2.62 bits per heavy atom. The molecule has 0 saturated carbocycles. The minimum absolute atomic E-state index is 0.0286. The summed E-state index contributed by atoms with van der Waals surface area (Å²) >= 11 is 8.40. The summed E-state index contributed by atoms with van der Waals surface area (Å²) in [5, 5.41) is 0.634. The van der Waals surface area contributed by atoms with E-state index >= 15 is 0 Å². The van der Waals surface area contributed by atoms with Crippen LogP contribution in [-0.4, -0.2) is 25.2 Å². The van der Waals surface area contributed by atoms with Crippen LogP contribution in [0, 0.1) is 3.57 Å². The van der Waals surface area contributed by atoms with Crippen LogP contribution in [0.4, 0.5) is 5.69 Å². The third-order valence-corrected chi connectivity index (χ3v) is 4.39. The van der Waals surface area contributed by atoms with Crippen molar-refractivity contribution < 1.29 is 4.79 Å². The van der Waals surface area contributed by atoms with Gasteiger partial charge in [0.25, 0.3) is 0 Å². The molecule has 1 amide bonds. The first-order valence-corrected chi connectivity index (χ1v) is 7.89. The number of halogens is 2. The van der Waals surface area contributed by atoms with Crippen LogP contribution < -0.4 is 4.90 Å². The lowest BCUT2D eigenvalue weighted by atomic mass is 10.0. The first-order valence-electron chi connectivity index (χ1n) is 6.43. The molecular formula is C16H12ClIN2O. The maximum absolute atomic E-state index is 12.1. The first-order chi connectivity index (χ1) is 10.1. The second kappa shape index (κ2) is 5.77. The molecule has 1 heterocycles. The topological polar surface area (TPSA) is 32.7 Å². The predicted molar refractivity (Wildman–Crippen MR) is 94.5 cm³/mol. The summed E-state index contributed by atoms with van der Waals surface area (Å²) in [5.41, 5.74) is 3.51. The van der Waals surface area contributed by atoms with Crippen LogP contribution in [0.2, 0.25) is 5.02 Å². The fourth-order valence-corrected chi connectivity index (χ4v) is 2.85. The largest absolute Gasteiger partial charge is 0.313 e. The monoisotopic (exact) mass is 410 g/mol. The smallest absolute Gasteiger partial charge is 0.248 e. The van der Waals surface area contributed by atoms with Gasteiger partial charge in [0.15, 0.2) is 0 Å². The maximum Gasteiger partial charge on any atom is 0.248 e. The molecule has 0 radical (unpaired) electrons. The van der Waals surface area contributed by atoms with Crippen molar-refractivity contribution in [3.05, 3.63) is 62.2 Å². The molecule has 0 atom stereocenters. The Morgan fingerprint density at radius 1 is 1.19 bits per heavy atom. The number of anilines is 1. The first kappa shape index (κ1) is 14.5. The van der Waals surface area contributed by atoms with Gasteiger partial charge in [-0.15, -0.1) is 0 Å². The Hall–Kier alpha value is -1.40. The van der Waals surface area contributed by atoms with Gasteiger partial charge in [-0.05, 0) is 52.9 Å². The number of carbonyl (C=O) groups excluding carboxylic acids is 1. The van der Waals surface area contributed by atoms with E-state index in [1.54, 1.807) is 18.0 Å². The number of rotatable bonds is 1. The lowest BCUT2D eigenvalue weighted by molar-refractivity contribution is -0.116. The highest BCUT2D eigenvalue weighted by Crippen LogP contribution is 2.28. The van der Waals surface area contributed by atoms with Gasteiger partial charge in [-0.1, -0.05) is 23.7 Å². The summed E-state index contributed by atoms with van der Waals surface area (Å²) in [6.45, 7) is 0.143. The number of benzodiazepines with no additional fused rings is 1. The minimum Gasteiger partial charge on any atom is -0.313 e. The average molecular weight is 411 g/mol. The van der Waals surface area contributed by atoms with Crippen LogP contribution in [0.15, 0.2) is 47.5 Å². The molecule has 0 unspecified atom stereocenters. The SMILES string of the molecule is CN1C(=O)CN=C(c2ccc(I)cc2)c2cc(Cl)ccc21. The molecule has 0 saturated heterocycles. The average Bonchev–Trinajstić information content (AvgIpc) is 2.59. The number of carbonyl (C=O) groups is 1. The summed E-state index contributed by atoms with van der Waals surface area (Å²) in [5.74, 6) is -0.0286. The second-order valence-corrected chi connectivity index (χ2v) is 6.47. The Labute approximate surface area is 141 Å². The molecule has 0 N–H and O–H groups in total. The highest BCUT2D eigenvalue weighted by atomic mass is 127. The number of fused-ring (bicyclic) bond motifs is 1. The van der Waals surface area contributed by atoms with Crippen molar-refractivity contribution in [2.24, 2.45) is 4.99 Å². The van der Waals surface area contributed by atoms with Crippen LogP contribution in [0.1, 0.15) is 11.1 Å². The summed E-state index contributed by atoms with van der Waals surface area (Å²) < 4.78 is 1.16. The summed E-state index contributed by atoms with van der Waals surface area (Å²) in [4.78, 5) is 18.2. The van der Waals surface area contributed by atoms with Gasteiger partial charge in [0.1, 0.15) is 6.54 Å².